The van der Waals surface area contributed by atoms with Crippen molar-refractivity contribution in [3.05, 3.63) is 0 Å². The van der Waals surface area contributed by atoms with E-state index in [1.54, 1.807) is 17.6 Å². The second-order valence-electron chi connectivity index (χ2n) is 1.93. The third-order valence-electron chi connectivity index (χ3n) is 0.929. The topological polar surface area (TPSA) is 111 Å². The Bertz CT molecular complexity index is 216. The van der Waals surface area contributed by atoms with Gasteiger partial charge >= 0.3 is 12.1 Å². The fourth-order valence-corrected chi connectivity index (χ4v) is 0.469. The Kier molecular flexibility index (Phi) is 5.20. The number of carbonyl (C=O) groups excluding carboxylic acids is 3. The second kappa shape index (κ2) is 5.95. The van der Waals surface area contributed by atoms with E-state index >= 15 is 0 Å². The number of amides is 4. The fourth-order valence-electron chi connectivity index (χ4n) is 0.469. The maximum atomic E-state index is 10.7. The minimum absolute atomic E-state index is 0.143. The summed E-state index contributed by atoms with van der Waals surface area (Å²) in [7, 11) is 0. The number of hydrogen-bond donors (Lipinski definition) is 3. The highest BCUT2D eigenvalue weighted by Crippen LogP contribution is 1.75. The lowest BCUT2D eigenvalue weighted by Gasteiger charge is -2.03. The predicted molar refractivity (Wildman–Crippen MR) is 42.8 cm³/mol. The van der Waals surface area contributed by atoms with Gasteiger partial charge in [0.05, 0.1) is 13.2 Å². The summed E-state index contributed by atoms with van der Waals surface area (Å²) in [6.07, 6.45) is -0.912. The molecule has 4 N–H and O–H groups in total. The maximum Gasteiger partial charge on any atom is 0.415 e. The largest absolute Gasteiger partial charge is 0.450 e. The van der Waals surface area contributed by atoms with Crippen molar-refractivity contribution in [2.45, 2.75) is 6.92 Å². The first-order chi connectivity index (χ1) is 6.10. The van der Waals surface area contributed by atoms with E-state index in [4.69, 9.17) is 5.73 Å². The zero-order chi connectivity index (χ0) is 10.3. The molecule has 13 heavy (non-hydrogen) atoms. The van der Waals surface area contributed by atoms with Gasteiger partial charge in [0, 0.05) is 0 Å². The first-order valence-electron chi connectivity index (χ1n) is 3.57. The van der Waals surface area contributed by atoms with Crippen LogP contribution in [0.25, 0.3) is 0 Å². The Morgan fingerprint density at radius 3 is 2.38 bits per heavy atom. The minimum atomic E-state index is -0.950. The van der Waals surface area contributed by atoms with Gasteiger partial charge in [0.1, 0.15) is 0 Å². The van der Waals surface area contributed by atoms with Gasteiger partial charge in [0.25, 0.3) is 0 Å². The van der Waals surface area contributed by atoms with Gasteiger partial charge in [0.15, 0.2) is 0 Å². The summed E-state index contributed by atoms with van der Waals surface area (Å²) >= 11 is 0. The van der Waals surface area contributed by atoms with E-state index in [1.165, 1.54) is 0 Å². The average Bonchev–Trinajstić information content (AvgIpc) is 2.04. The maximum absolute atomic E-state index is 10.7. The van der Waals surface area contributed by atoms with Crippen LogP contribution in [0, 0.1) is 0 Å². The predicted octanol–water partition coefficient (Wildman–Crippen LogP) is -1.07. The Hall–Kier alpha value is -1.63. The first-order valence-corrected chi connectivity index (χ1v) is 3.57. The summed E-state index contributed by atoms with van der Waals surface area (Å²) in [5.74, 6) is -0.679. The smallest absolute Gasteiger partial charge is 0.415 e. The van der Waals surface area contributed by atoms with Crippen molar-refractivity contribution in [1.82, 2.24) is 10.6 Å². The van der Waals surface area contributed by atoms with E-state index in [0.29, 0.717) is 0 Å². The number of hydrogen-bond acceptors (Lipinski definition) is 5. The lowest BCUT2D eigenvalue weighted by molar-refractivity contribution is -0.118. The van der Waals surface area contributed by atoms with Gasteiger partial charge in [-0.15, -0.1) is 0 Å². The van der Waals surface area contributed by atoms with Crippen molar-refractivity contribution in [1.29, 1.82) is 0 Å². The number of alkyl carbamates (subject to hydrolysis) is 1. The summed E-state index contributed by atoms with van der Waals surface area (Å²) in [6.45, 7) is 1.41. The van der Waals surface area contributed by atoms with E-state index in [1.807, 2.05) is 0 Å². The molecule has 0 aliphatic carbocycles. The Morgan fingerprint density at radius 1 is 1.31 bits per heavy atom. The summed E-state index contributed by atoms with van der Waals surface area (Å²) in [5, 5.41) is 3.56. The summed E-state index contributed by atoms with van der Waals surface area (Å²) in [5.41, 5.74) is 4.90. The van der Waals surface area contributed by atoms with Gasteiger partial charge in [-0.3, -0.25) is 10.1 Å². The number of imide groups is 2. The Labute approximate surface area is 74.6 Å². The van der Waals surface area contributed by atoms with Gasteiger partial charge in [-0.25, -0.2) is 14.9 Å². The molecule has 7 heteroatoms. The van der Waals surface area contributed by atoms with Crippen molar-refractivity contribution >= 4 is 18.0 Å². The number of urea groups is 1. The van der Waals surface area contributed by atoms with Crippen molar-refractivity contribution in [3.8, 4) is 0 Å². The third-order valence-corrected chi connectivity index (χ3v) is 0.929. The Balaban J connectivity index is 3.74. The standard InChI is InChI=1S/C6H11N3O4/c1-2-13-6(12)9-5(11)8-4(10)3-7/h2-3,7H2,1H3,(H2,8,9,10,11,12). The van der Waals surface area contributed by atoms with Crippen LogP contribution in [0.15, 0.2) is 0 Å². The van der Waals surface area contributed by atoms with E-state index < -0.39 is 18.0 Å². The molecule has 0 saturated heterocycles. The van der Waals surface area contributed by atoms with E-state index in [2.05, 4.69) is 4.74 Å². The molecule has 0 aliphatic heterocycles. The lowest BCUT2D eigenvalue weighted by atomic mass is 10.6. The highest BCUT2D eigenvalue weighted by Gasteiger charge is 2.09. The fraction of sp³-hybridized carbons (Fsp3) is 0.500. The molecule has 4 amide bonds. The van der Waals surface area contributed by atoms with Crippen molar-refractivity contribution in [3.63, 3.8) is 0 Å². The molecule has 7 nitrogen and oxygen atoms in total. The lowest BCUT2D eigenvalue weighted by Crippen LogP contribution is -2.44. The Morgan fingerprint density at radius 2 is 1.92 bits per heavy atom. The van der Waals surface area contributed by atoms with Crippen molar-refractivity contribution in [2.75, 3.05) is 13.2 Å². The molecule has 0 aromatic carbocycles. The molecule has 0 rings (SSSR count). The van der Waals surface area contributed by atoms with Gasteiger partial charge in [-0.05, 0) is 6.92 Å². The van der Waals surface area contributed by atoms with Crippen LogP contribution >= 0.6 is 0 Å². The molecule has 0 atom stereocenters. The monoisotopic (exact) mass is 189 g/mol. The molecule has 0 unspecified atom stereocenters. The van der Waals surface area contributed by atoms with Gasteiger partial charge in [0.2, 0.25) is 5.91 Å². The molecule has 0 heterocycles. The summed E-state index contributed by atoms with van der Waals surface area (Å²) < 4.78 is 4.37. The second-order valence-corrected chi connectivity index (χ2v) is 1.93. The number of nitrogens with two attached hydrogens (primary N) is 1. The summed E-state index contributed by atoms with van der Waals surface area (Å²) in [4.78, 5) is 31.8. The average molecular weight is 189 g/mol. The molecule has 74 valence electrons. The van der Waals surface area contributed by atoms with Gasteiger partial charge in [-0.2, -0.15) is 0 Å². The number of ether oxygens (including phenoxy) is 1. The van der Waals surface area contributed by atoms with Gasteiger partial charge in [-0.1, -0.05) is 0 Å². The highest BCUT2D eigenvalue weighted by molar-refractivity contribution is 6.00. The SMILES string of the molecule is CCOC(=O)NC(=O)NC(=O)CN. The molecule has 0 aromatic rings. The van der Waals surface area contributed by atoms with Crippen LogP contribution in [0.5, 0.6) is 0 Å². The molecular weight excluding hydrogens is 178 g/mol. The van der Waals surface area contributed by atoms with Crippen LogP contribution in [-0.4, -0.2) is 31.2 Å². The van der Waals surface area contributed by atoms with Crippen LogP contribution in [-0.2, 0) is 9.53 Å². The summed E-state index contributed by atoms with van der Waals surface area (Å²) in [6, 6.07) is -0.950. The minimum Gasteiger partial charge on any atom is -0.450 e. The van der Waals surface area contributed by atoms with Crippen LogP contribution in [0.3, 0.4) is 0 Å². The van der Waals surface area contributed by atoms with Crippen LogP contribution in [0.4, 0.5) is 9.59 Å². The van der Waals surface area contributed by atoms with Crippen molar-refractivity contribution in [2.24, 2.45) is 5.73 Å². The first kappa shape index (κ1) is 11.4. The zero-order valence-electron chi connectivity index (χ0n) is 7.12. The number of carbonyl (C=O) groups is 3. The third kappa shape index (κ3) is 5.62. The molecule has 0 spiro atoms. The van der Waals surface area contributed by atoms with Crippen molar-refractivity contribution < 1.29 is 19.1 Å². The van der Waals surface area contributed by atoms with E-state index in [0.717, 1.165) is 0 Å². The van der Waals surface area contributed by atoms with E-state index in [-0.39, 0.29) is 13.2 Å². The quantitative estimate of drug-likeness (QED) is 0.512. The molecule has 0 radical (unpaired) electrons. The molecule has 0 bridgehead atoms. The highest BCUT2D eigenvalue weighted by atomic mass is 16.5. The number of nitrogens with one attached hydrogen (secondary N) is 2. The molecule has 0 aromatic heterocycles. The molecule has 0 aliphatic rings. The molecular formula is C6H11N3O4. The van der Waals surface area contributed by atoms with Crippen LogP contribution in [0.2, 0.25) is 0 Å². The van der Waals surface area contributed by atoms with Gasteiger partial charge < -0.3 is 10.5 Å². The molecule has 0 fully saturated rings. The zero-order valence-corrected chi connectivity index (χ0v) is 7.12. The van der Waals surface area contributed by atoms with Crippen LogP contribution in [0.1, 0.15) is 6.92 Å². The molecule has 0 saturated carbocycles. The number of rotatable bonds is 2. The van der Waals surface area contributed by atoms with Crippen LogP contribution < -0.4 is 16.4 Å². The van der Waals surface area contributed by atoms with E-state index in [9.17, 15) is 14.4 Å². The normalized spacial score (nSPS) is 8.77.